The molecule has 0 bridgehead atoms. The summed E-state index contributed by atoms with van der Waals surface area (Å²) in [6.45, 7) is 0.0824. The Kier molecular flexibility index (Phi) is 5.77. The lowest BCUT2D eigenvalue weighted by Gasteiger charge is -2.12. The number of nitrogens with zero attached hydrogens (tertiary/aromatic N) is 2. The molecule has 4 aromatic rings. The van der Waals surface area contributed by atoms with Crippen molar-refractivity contribution in [1.29, 1.82) is 0 Å². The number of rotatable bonds is 6. The zero-order valence-electron chi connectivity index (χ0n) is 16.8. The van der Waals surface area contributed by atoms with Crippen molar-refractivity contribution in [2.24, 2.45) is 0 Å². The fourth-order valence-corrected chi connectivity index (χ4v) is 3.85. The molecule has 0 saturated heterocycles. The average Bonchev–Trinajstić information content (AvgIpc) is 3.09. The first-order chi connectivity index (χ1) is 15.0. The van der Waals surface area contributed by atoms with Gasteiger partial charge in [0.15, 0.2) is 0 Å². The molecule has 31 heavy (non-hydrogen) atoms. The van der Waals surface area contributed by atoms with Crippen molar-refractivity contribution in [3.05, 3.63) is 82.3 Å². The third kappa shape index (κ3) is 3.79. The standard InChI is InChI=1S/C22H19FN4O3S/c1-30-18-10-15-17(11-25-18)27(12-13-6-3-4-8-16(13)23)20(22(29)26-31-2)19(15)14-7-5-9-24-21(14)28/h3-11H,12H2,1-2H3,(H,24,28)(H,26,29). The number of hydrogen-bond acceptors (Lipinski definition) is 5. The van der Waals surface area contributed by atoms with Crippen LogP contribution in [0.5, 0.6) is 5.88 Å². The predicted octanol–water partition coefficient (Wildman–Crippen LogP) is 3.60. The number of carbonyl (C=O) groups is 1. The summed E-state index contributed by atoms with van der Waals surface area (Å²) in [6, 6.07) is 11.4. The Hall–Kier alpha value is -3.59. The summed E-state index contributed by atoms with van der Waals surface area (Å²) in [4.78, 5) is 32.7. The minimum absolute atomic E-state index is 0.0824. The summed E-state index contributed by atoms with van der Waals surface area (Å²) in [7, 11) is 1.49. The maximum atomic E-state index is 14.5. The van der Waals surface area contributed by atoms with Crippen molar-refractivity contribution in [2.75, 3.05) is 13.4 Å². The highest BCUT2D eigenvalue weighted by Gasteiger charge is 2.26. The summed E-state index contributed by atoms with van der Waals surface area (Å²) in [6.07, 6.45) is 4.81. The molecule has 3 heterocycles. The van der Waals surface area contributed by atoms with Crippen molar-refractivity contribution >= 4 is 28.8 Å². The average molecular weight is 438 g/mol. The smallest absolute Gasteiger partial charge is 0.278 e. The van der Waals surface area contributed by atoms with Crippen LogP contribution in [0.15, 0.2) is 59.7 Å². The van der Waals surface area contributed by atoms with Crippen LogP contribution in [-0.4, -0.2) is 33.8 Å². The second-order valence-corrected chi connectivity index (χ2v) is 7.31. The molecule has 0 radical (unpaired) electrons. The highest BCUT2D eigenvalue weighted by molar-refractivity contribution is 7.97. The SMILES string of the molecule is COc1cc2c(-c3ccc[nH]c3=O)c(C(=O)NSC)n(Cc3ccccc3F)c2cn1. The van der Waals surface area contributed by atoms with Crippen LogP contribution in [0.2, 0.25) is 0 Å². The van der Waals surface area contributed by atoms with Crippen LogP contribution in [0.3, 0.4) is 0 Å². The molecule has 1 aromatic carbocycles. The third-order valence-corrected chi connectivity index (χ3v) is 5.31. The molecule has 0 saturated carbocycles. The summed E-state index contributed by atoms with van der Waals surface area (Å²) in [5.41, 5.74) is 1.62. The van der Waals surface area contributed by atoms with Gasteiger partial charge in [0.25, 0.3) is 11.5 Å². The number of ether oxygens (including phenoxy) is 1. The van der Waals surface area contributed by atoms with Gasteiger partial charge < -0.3 is 14.3 Å². The summed E-state index contributed by atoms with van der Waals surface area (Å²) >= 11 is 1.14. The minimum atomic E-state index is -0.405. The maximum absolute atomic E-state index is 14.5. The summed E-state index contributed by atoms with van der Waals surface area (Å²) in [5, 5.41) is 0.603. The number of H-pyrrole nitrogens is 1. The number of fused-ring (bicyclic) bond motifs is 1. The monoisotopic (exact) mass is 438 g/mol. The minimum Gasteiger partial charge on any atom is -0.481 e. The van der Waals surface area contributed by atoms with E-state index in [0.717, 1.165) is 11.9 Å². The van der Waals surface area contributed by atoms with Crippen LogP contribution in [0, 0.1) is 5.82 Å². The number of halogens is 1. The number of hydrogen-bond donors (Lipinski definition) is 2. The highest BCUT2D eigenvalue weighted by Crippen LogP contribution is 2.35. The van der Waals surface area contributed by atoms with Gasteiger partial charge in [-0.05, 0) is 18.2 Å². The van der Waals surface area contributed by atoms with E-state index in [4.69, 9.17) is 4.74 Å². The molecule has 4 rings (SSSR count). The number of methoxy groups -OCH3 is 1. The van der Waals surface area contributed by atoms with Crippen molar-refractivity contribution in [1.82, 2.24) is 19.3 Å². The zero-order chi connectivity index (χ0) is 22.0. The van der Waals surface area contributed by atoms with Gasteiger partial charge >= 0.3 is 0 Å². The molecule has 0 atom stereocenters. The van der Waals surface area contributed by atoms with Gasteiger partial charge in [-0.25, -0.2) is 9.37 Å². The van der Waals surface area contributed by atoms with E-state index >= 15 is 0 Å². The number of amides is 1. The molecule has 2 N–H and O–H groups in total. The molecule has 158 valence electrons. The quantitative estimate of drug-likeness (QED) is 0.449. The first-order valence-electron chi connectivity index (χ1n) is 9.36. The second-order valence-electron chi connectivity index (χ2n) is 6.69. The van der Waals surface area contributed by atoms with E-state index in [1.807, 2.05) is 0 Å². The predicted molar refractivity (Wildman–Crippen MR) is 119 cm³/mol. The first-order valence-corrected chi connectivity index (χ1v) is 10.6. The summed E-state index contributed by atoms with van der Waals surface area (Å²) in [5.74, 6) is -0.459. The lowest BCUT2D eigenvalue weighted by molar-refractivity contribution is 0.0977. The van der Waals surface area contributed by atoms with Gasteiger partial charge in [-0.1, -0.05) is 30.1 Å². The molecular weight excluding hydrogens is 419 g/mol. The Balaban J connectivity index is 2.09. The molecule has 0 spiro atoms. The van der Waals surface area contributed by atoms with Crippen LogP contribution >= 0.6 is 11.9 Å². The normalized spacial score (nSPS) is 10.9. The van der Waals surface area contributed by atoms with Crippen molar-refractivity contribution in [3.63, 3.8) is 0 Å². The molecule has 0 unspecified atom stereocenters. The third-order valence-electron chi connectivity index (χ3n) is 4.92. The van der Waals surface area contributed by atoms with E-state index in [0.29, 0.717) is 33.5 Å². The van der Waals surface area contributed by atoms with Gasteiger partial charge in [-0.15, -0.1) is 0 Å². The van der Waals surface area contributed by atoms with Gasteiger partial charge in [0, 0.05) is 40.6 Å². The van der Waals surface area contributed by atoms with Gasteiger partial charge in [-0.3, -0.25) is 14.3 Å². The fraction of sp³-hybridized carbons (Fsp3) is 0.136. The van der Waals surface area contributed by atoms with Gasteiger partial charge in [0.1, 0.15) is 11.5 Å². The zero-order valence-corrected chi connectivity index (χ0v) is 17.6. The molecule has 0 aliphatic rings. The number of aromatic nitrogens is 3. The molecule has 0 aliphatic carbocycles. The lowest BCUT2D eigenvalue weighted by Crippen LogP contribution is -2.22. The van der Waals surface area contributed by atoms with Crippen LogP contribution in [0.25, 0.3) is 22.0 Å². The highest BCUT2D eigenvalue weighted by atomic mass is 32.2. The van der Waals surface area contributed by atoms with Crippen LogP contribution < -0.4 is 15.0 Å². The molecule has 1 amide bonds. The Bertz CT molecular complexity index is 1330. The van der Waals surface area contributed by atoms with E-state index in [9.17, 15) is 14.0 Å². The largest absolute Gasteiger partial charge is 0.481 e. The lowest BCUT2D eigenvalue weighted by atomic mass is 10.0. The van der Waals surface area contributed by atoms with E-state index < -0.39 is 5.91 Å². The van der Waals surface area contributed by atoms with Crippen LogP contribution in [0.1, 0.15) is 16.1 Å². The molecule has 0 aliphatic heterocycles. The van der Waals surface area contributed by atoms with Crippen LogP contribution in [0.4, 0.5) is 4.39 Å². The maximum Gasteiger partial charge on any atom is 0.278 e. The number of carbonyl (C=O) groups excluding carboxylic acids is 1. The van der Waals surface area contributed by atoms with E-state index in [1.54, 1.807) is 53.4 Å². The Morgan fingerprint density at radius 2 is 2.10 bits per heavy atom. The Labute approximate surface area is 181 Å². The Morgan fingerprint density at radius 3 is 2.81 bits per heavy atom. The molecular formula is C22H19FN4O3S. The van der Waals surface area contributed by atoms with Crippen LogP contribution in [-0.2, 0) is 6.54 Å². The van der Waals surface area contributed by atoms with E-state index in [-0.39, 0.29) is 23.6 Å². The van der Waals surface area contributed by atoms with Crippen molar-refractivity contribution < 1.29 is 13.9 Å². The number of aromatic amines is 1. The molecule has 3 aromatic heterocycles. The van der Waals surface area contributed by atoms with Crippen molar-refractivity contribution in [2.45, 2.75) is 6.54 Å². The molecule has 9 heteroatoms. The van der Waals surface area contributed by atoms with Gasteiger partial charge in [0.05, 0.1) is 25.4 Å². The number of pyridine rings is 2. The topological polar surface area (TPSA) is 89.0 Å². The first kappa shape index (κ1) is 20.7. The van der Waals surface area contributed by atoms with E-state index in [1.165, 1.54) is 19.4 Å². The molecule has 0 fully saturated rings. The van der Waals surface area contributed by atoms with E-state index in [2.05, 4.69) is 14.7 Å². The second kappa shape index (κ2) is 8.65. The van der Waals surface area contributed by atoms with Gasteiger partial charge in [-0.2, -0.15) is 0 Å². The summed E-state index contributed by atoms with van der Waals surface area (Å²) < 4.78 is 24.1. The van der Waals surface area contributed by atoms with Crippen molar-refractivity contribution in [3.8, 4) is 17.0 Å². The number of benzene rings is 1. The van der Waals surface area contributed by atoms with Gasteiger partial charge in [0.2, 0.25) is 5.88 Å². The fourth-order valence-electron chi connectivity index (χ4n) is 3.57. The molecule has 7 nitrogen and oxygen atoms in total. The Morgan fingerprint density at radius 1 is 1.29 bits per heavy atom. The number of nitrogens with one attached hydrogen (secondary N) is 2.